The molecule has 0 bridgehead atoms. The third-order valence-electron chi connectivity index (χ3n) is 5.40. The van der Waals surface area contributed by atoms with Crippen LogP contribution in [0.1, 0.15) is 30.0 Å². The Hall–Kier alpha value is -2.25. The Morgan fingerprint density at radius 2 is 1.72 bits per heavy atom. The van der Waals surface area contributed by atoms with Crippen LogP contribution >= 0.6 is 15.9 Å². The summed E-state index contributed by atoms with van der Waals surface area (Å²) in [4.78, 5) is 13.9. The molecule has 2 unspecified atom stereocenters. The first-order valence-electron chi connectivity index (χ1n) is 9.51. The fourth-order valence-corrected chi connectivity index (χ4v) is 4.47. The lowest BCUT2D eigenvalue weighted by atomic mass is 9.90. The van der Waals surface area contributed by atoms with Crippen molar-refractivity contribution in [1.29, 1.82) is 0 Å². The van der Waals surface area contributed by atoms with Crippen LogP contribution in [0.25, 0.3) is 0 Å². The Bertz CT molecular complexity index is 872. The number of methoxy groups -OCH3 is 3. The minimum Gasteiger partial charge on any atom is -0.496 e. The average Bonchev–Trinajstić information content (AvgIpc) is 2.75. The summed E-state index contributed by atoms with van der Waals surface area (Å²) in [6.07, 6.45) is 1.52. The molecule has 2 aromatic carbocycles. The Morgan fingerprint density at radius 1 is 1.07 bits per heavy atom. The zero-order valence-electron chi connectivity index (χ0n) is 16.9. The number of likely N-dealkylation sites (tertiary alicyclic amines) is 1. The van der Waals surface area contributed by atoms with Gasteiger partial charge in [-0.2, -0.15) is 0 Å². The topological polar surface area (TPSA) is 68.2 Å². The second-order valence-electron chi connectivity index (χ2n) is 7.05. The van der Waals surface area contributed by atoms with Crippen molar-refractivity contribution in [3.8, 4) is 17.2 Å². The fraction of sp³-hybridized carbons (Fsp3) is 0.409. The SMILES string of the molecule is COc1cc(OC)c(C(c2ccccc2Br)N2CCCC(C(=O)O)C2)cc1OC. The van der Waals surface area contributed by atoms with Gasteiger partial charge in [0, 0.05) is 22.6 Å². The van der Waals surface area contributed by atoms with Gasteiger partial charge >= 0.3 is 5.97 Å². The number of carboxylic acid groups (broad SMARTS) is 1. The molecule has 1 heterocycles. The molecule has 0 saturated carbocycles. The maximum absolute atomic E-state index is 11.7. The molecule has 1 fully saturated rings. The van der Waals surface area contributed by atoms with Crippen molar-refractivity contribution >= 4 is 21.9 Å². The monoisotopic (exact) mass is 463 g/mol. The van der Waals surface area contributed by atoms with Crippen molar-refractivity contribution in [1.82, 2.24) is 4.90 Å². The van der Waals surface area contributed by atoms with E-state index < -0.39 is 5.97 Å². The second kappa shape index (κ2) is 9.50. The maximum atomic E-state index is 11.7. The molecule has 0 aromatic heterocycles. The quantitative estimate of drug-likeness (QED) is 0.657. The summed E-state index contributed by atoms with van der Waals surface area (Å²) in [7, 11) is 4.81. The Kier molecular flexibility index (Phi) is 7.03. The van der Waals surface area contributed by atoms with Crippen molar-refractivity contribution in [3.63, 3.8) is 0 Å². The molecule has 7 heteroatoms. The van der Waals surface area contributed by atoms with E-state index in [1.54, 1.807) is 21.3 Å². The third kappa shape index (κ3) is 4.51. The number of hydrogen-bond donors (Lipinski definition) is 1. The van der Waals surface area contributed by atoms with E-state index in [0.29, 0.717) is 30.2 Å². The first-order chi connectivity index (χ1) is 14.0. The summed E-state index contributed by atoms with van der Waals surface area (Å²) in [6.45, 7) is 1.27. The minimum atomic E-state index is -0.750. The van der Waals surface area contributed by atoms with Crippen LogP contribution in [0.3, 0.4) is 0 Å². The van der Waals surface area contributed by atoms with Gasteiger partial charge in [0.25, 0.3) is 0 Å². The average molecular weight is 464 g/mol. The van der Waals surface area contributed by atoms with Crippen LogP contribution in [0.4, 0.5) is 0 Å². The first-order valence-corrected chi connectivity index (χ1v) is 10.3. The number of piperidine rings is 1. The molecule has 156 valence electrons. The van der Waals surface area contributed by atoms with E-state index in [4.69, 9.17) is 14.2 Å². The summed E-state index contributed by atoms with van der Waals surface area (Å²) in [5.41, 5.74) is 1.95. The van der Waals surface area contributed by atoms with Gasteiger partial charge in [-0.3, -0.25) is 9.69 Å². The molecule has 0 aliphatic carbocycles. The largest absolute Gasteiger partial charge is 0.496 e. The van der Waals surface area contributed by atoms with Crippen molar-refractivity contribution in [3.05, 3.63) is 52.0 Å². The smallest absolute Gasteiger partial charge is 0.307 e. The molecule has 0 radical (unpaired) electrons. The van der Waals surface area contributed by atoms with Crippen molar-refractivity contribution in [2.24, 2.45) is 5.92 Å². The molecular formula is C22H26BrNO5. The number of halogens is 1. The number of aliphatic carboxylic acids is 1. The highest BCUT2D eigenvalue weighted by Gasteiger charge is 2.34. The van der Waals surface area contributed by atoms with Gasteiger partial charge in [-0.25, -0.2) is 0 Å². The first kappa shape index (κ1) is 21.5. The van der Waals surface area contributed by atoms with E-state index in [-0.39, 0.29) is 12.0 Å². The highest BCUT2D eigenvalue weighted by atomic mass is 79.9. The van der Waals surface area contributed by atoms with Crippen LogP contribution in [-0.4, -0.2) is 50.4 Å². The second-order valence-corrected chi connectivity index (χ2v) is 7.90. The van der Waals surface area contributed by atoms with Gasteiger partial charge in [-0.05, 0) is 37.1 Å². The highest BCUT2D eigenvalue weighted by molar-refractivity contribution is 9.10. The Balaban J connectivity index is 2.16. The number of hydrogen-bond acceptors (Lipinski definition) is 5. The standard InChI is InChI=1S/C22H26BrNO5/c1-27-18-12-20(29-3)19(28-2)11-16(18)21(15-8-4-5-9-17(15)23)24-10-6-7-14(13-24)22(25)26/h4-5,8-9,11-12,14,21H,6-7,10,13H2,1-3H3,(H,25,26). The summed E-state index contributed by atoms with van der Waals surface area (Å²) in [6, 6.07) is 11.5. The number of ether oxygens (including phenoxy) is 3. The maximum Gasteiger partial charge on any atom is 0.307 e. The lowest BCUT2D eigenvalue weighted by Crippen LogP contribution is -2.41. The van der Waals surface area contributed by atoms with Gasteiger partial charge < -0.3 is 19.3 Å². The Labute approximate surface area is 179 Å². The number of rotatable bonds is 7. The summed E-state index contributed by atoms with van der Waals surface area (Å²) in [5.74, 6) is 0.716. The normalized spacial score (nSPS) is 18.1. The van der Waals surface area contributed by atoms with E-state index in [2.05, 4.69) is 26.9 Å². The lowest BCUT2D eigenvalue weighted by molar-refractivity contribution is -0.143. The number of carboxylic acids is 1. The zero-order chi connectivity index (χ0) is 21.0. The number of nitrogens with zero attached hydrogens (tertiary/aromatic N) is 1. The molecule has 1 aliphatic heterocycles. The van der Waals surface area contributed by atoms with E-state index in [1.807, 2.05) is 30.3 Å². The van der Waals surface area contributed by atoms with Crippen LogP contribution < -0.4 is 14.2 Å². The molecule has 1 N–H and O–H groups in total. The highest BCUT2D eigenvalue weighted by Crippen LogP contribution is 2.44. The van der Waals surface area contributed by atoms with E-state index in [9.17, 15) is 9.90 Å². The van der Waals surface area contributed by atoms with Crippen LogP contribution in [-0.2, 0) is 4.79 Å². The van der Waals surface area contributed by atoms with Gasteiger partial charge in [-0.1, -0.05) is 34.1 Å². The Morgan fingerprint density at radius 3 is 2.34 bits per heavy atom. The van der Waals surface area contributed by atoms with Crippen LogP contribution in [0.5, 0.6) is 17.2 Å². The molecule has 2 atom stereocenters. The van der Waals surface area contributed by atoms with Gasteiger partial charge in [0.1, 0.15) is 5.75 Å². The van der Waals surface area contributed by atoms with Crippen molar-refractivity contribution in [2.75, 3.05) is 34.4 Å². The molecule has 0 amide bonds. The minimum absolute atomic E-state index is 0.192. The van der Waals surface area contributed by atoms with Crippen molar-refractivity contribution < 1.29 is 24.1 Å². The fourth-order valence-electron chi connectivity index (χ4n) is 3.97. The van der Waals surface area contributed by atoms with Crippen LogP contribution in [0.2, 0.25) is 0 Å². The summed E-state index contributed by atoms with van der Waals surface area (Å²) >= 11 is 3.68. The lowest BCUT2D eigenvalue weighted by Gasteiger charge is -2.38. The molecular weight excluding hydrogens is 438 g/mol. The predicted molar refractivity (Wildman–Crippen MR) is 114 cm³/mol. The van der Waals surface area contributed by atoms with Crippen LogP contribution in [0, 0.1) is 5.92 Å². The van der Waals surface area contributed by atoms with Gasteiger partial charge in [0.2, 0.25) is 0 Å². The van der Waals surface area contributed by atoms with Crippen LogP contribution in [0.15, 0.2) is 40.9 Å². The molecule has 1 saturated heterocycles. The van der Waals surface area contributed by atoms with Crippen molar-refractivity contribution in [2.45, 2.75) is 18.9 Å². The zero-order valence-corrected chi connectivity index (χ0v) is 18.4. The number of benzene rings is 2. The van der Waals surface area contributed by atoms with Gasteiger partial charge in [0.15, 0.2) is 11.5 Å². The molecule has 0 spiro atoms. The molecule has 1 aliphatic rings. The summed E-state index contributed by atoms with van der Waals surface area (Å²) in [5, 5.41) is 9.59. The molecule has 6 nitrogen and oxygen atoms in total. The van der Waals surface area contributed by atoms with E-state index in [0.717, 1.165) is 28.6 Å². The summed E-state index contributed by atoms with van der Waals surface area (Å²) < 4.78 is 17.6. The predicted octanol–water partition coefficient (Wildman–Crippen LogP) is 4.36. The van der Waals surface area contributed by atoms with Gasteiger partial charge in [-0.15, -0.1) is 0 Å². The van der Waals surface area contributed by atoms with Gasteiger partial charge in [0.05, 0.1) is 33.3 Å². The van der Waals surface area contributed by atoms with E-state index >= 15 is 0 Å². The van der Waals surface area contributed by atoms with E-state index in [1.165, 1.54) is 0 Å². The molecule has 29 heavy (non-hydrogen) atoms. The number of carbonyl (C=O) groups is 1. The molecule has 3 rings (SSSR count). The molecule has 2 aromatic rings. The third-order valence-corrected chi connectivity index (χ3v) is 6.12.